The Morgan fingerprint density at radius 2 is 1.61 bits per heavy atom. The molecule has 1 N–H and O–H groups in total. The Balaban J connectivity index is 1.45. The average molecular weight is 424 g/mol. The van der Waals surface area contributed by atoms with Gasteiger partial charge in [-0.25, -0.2) is 4.99 Å². The molecule has 5 rings (SSSR count). The van der Waals surface area contributed by atoms with Crippen LogP contribution >= 0.6 is 11.8 Å². The van der Waals surface area contributed by atoms with Crippen molar-refractivity contribution in [1.29, 1.82) is 0 Å². The fourth-order valence-electron chi connectivity index (χ4n) is 3.67. The number of amides is 1. The van der Waals surface area contributed by atoms with Crippen LogP contribution < -0.4 is 0 Å². The molecule has 3 aromatic carbocycles. The number of carbonyl (C=O) groups excluding carboxylic acids is 1. The van der Waals surface area contributed by atoms with Gasteiger partial charge >= 0.3 is 0 Å². The minimum atomic E-state index is 0.00313. The van der Waals surface area contributed by atoms with Gasteiger partial charge in [-0.05, 0) is 53.6 Å². The van der Waals surface area contributed by atoms with Gasteiger partial charge in [0.25, 0.3) is 5.91 Å². The Kier molecular flexibility index (Phi) is 5.42. The molecular weight excluding hydrogens is 402 g/mol. The number of aromatic amines is 1. The number of hydrogen-bond acceptors (Lipinski definition) is 3. The molecule has 4 nitrogen and oxygen atoms in total. The quantitative estimate of drug-likeness (QED) is 0.399. The van der Waals surface area contributed by atoms with E-state index in [9.17, 15) is 4.79 Å². The first-order valence-electron chi connectivity index (χ1n) is 10.2. The molecule has 1 fully saturated rings. The Morgan fingerprint density at radius 1 is 0.903 bits per heavy atom. The summed E-state index contributed by atoms with van der Waals surface area (Å²) < 4.78 is 0. The van der Waals surface area contributed by atoms with Crippen LogP contribution in [0, 0.1) is 0 Å². The number of para-hydroxylation sites is 2. The third kappa shape index (κ3) is 4.18. The van der Waals surface area contributed by atoms with E-state index in [0.29, 0.717) is 11.4 Å². The summed E-state index contributed by atoms with van der Waals surface area (Å²) in [6, 6.07) is 28.0. The Morgan fingerprint density at radius 3 is 2.42 bits per heavy atom. The van der Waals surface area contributed by atoms with E-state index >= 15 is 0 Å². The molecule has 0 atom stereocenters. The van der Waals surface area contributed by atoms with E-state index in [0.717, 1.165) is 28.4 Å². The molecule has 1 amide bonds. The van der Waals surface area contributed by atoms with E-state index in [1.807, 2.05) is 85.1 Å². The Labute approximate surface area is 185 Å². The summed E-state index contributed by atoms with van der Waals surface area (Å²) >= 11 is 1.44. The number of carbonyl (C=O) groups is 1. The molecule has 0 bridgehead atoms. The lowest BCUT2D eigenvalue weighted by Crippen LogP contribution is -2.31. The number of nitrogens with zero attached hydrogens (tertiary/aromatic N) is 2. The van der Waals surface area contributed by atoms with Crippen LogP contribution in [0.1, 0.15) is 11.1 Å². The molecule has 1 aromatic heterocycles. The topological polar surface area (TPSA) is 48.5 Å². The number of amidine groups is 1. The summed E-state index contributed by atoms with van der Waals surface area (Å²) in [6.07, 6.45) is 4.73. The number of benzene rings is 3. The van der Waals surface area contributed by atoms with Crippen molar-refractivity contribution in [2.45, 2.75) is 6.42 Å². The zero-order valence-corrected chi connectivity index (χ0v) is 17.7. The summed E-state index contributed by atoms with van der Waals surface area (Å²) in [5.41, 5.74) is 4.17. The van der Waals surface area contributed by atoms with Crippen molar-refractivity contribution in [3.63, 3.8) is 0 Å². The molecule has 5 heteroatoms. The highest BCUT2D eigenvalue weighted by Gasteiger charge is 2.33. The molecule has 152 valence electrons. The fraction of sp³-hybridized carbons (Fsp3) is 0.0769. The minimum absolute atomic E-state index is 0.00313. The molecule has 0 unspecified atom stereocenters. The van der Waals surface area contributed by atoms with Crippen LogP contribution in [-0.4, -0.2) is 27.5 Å². The normalized spacial score (nSPS) is 16.6. The predicted octanol–water partition coefficient (Wildman–Crippen LogP) is 6.01. The Bertz CT molecular complexity index is 1280. The lowest BCUT2D eigenvalue weighted by molar-refractivity contribution is -0.122. The van der Waals surface area contributed by atoms with Gasteiger partial charge in [-0.2, -0.15) is 0 Å². The smallest absolute Gasteiger partial charge is 0.266 e. The molecule has 1 saturated heterocycles. The number of hydrogen-bond donors (Lipinski definition) is 1. The molecule has 31 heavy (non-hydrogen) atoms. The van der Waals surface area contributed by atoms with E-state index in [2.05, 4.69) is 17.1 Å². The minimum Gasteiger partial charge on any atom is -0.361 e. The van der Waals surface area contributed by atoms with Crippen molar-refractivity contribution in [1.82, 2.24) is 9.88 Å². The van der Waals surface area contributed by atoms with Gasteiger partial charge in [0, 0.05) is 23.6 Å². The molecule has 1 aliphatic heterocycles. The molecule has 0 aliphatic carbocycles. The highest BCUT2D eigenvalue weighted by atomic mass is 32.2. The SMILES string of the molecule is O=C1C(=Cc2ccccc2)SC(=Nc2ccccc2)N1CCc1c[nH]c2ccccc12. The summed E-state index contributed by atoms with van der Waals surface area (Å²) in [6.45, 7) is 0.575. The maximum absolute atomic E-state index is 13.3. The van der Waals surface area contributed by atoms with Gasteiger partial charge in [0.05, 0.1) is 10.6 Å². The molecule has 1 aliphatic rings. The maximum Gasteiger partial charge on any atom is 0.266 e. The van der Waals surface area contributed by atoms with Gasteiger partial charge in [-0.1, -0.05) is 66.7 Å². The maximum atomic E-state index is 13.3. The number of H-pyrrole nitrogens is 1. The van der Waals surface area contributed by atoms with Crippen molar-refractivity contribution < 1.29 is 4.79 Å². The fourth-order valence-corrected chi connectivity index (χ4v) is 4.70. The van der Waals surface area contributed by atoms with Crippen LogP contribution in [0.3, 0.4) is 0 Å². The molecule has 2 heterocycles. The van der Waals surface area contributed by atoms with Crippen LogP contribution in [0.15, 0.2) is 101 Å². The van der Waals surface area contributed by atoms with E-state index in [1.54, 1.807) is 4.90 Å². The summed E-state index contributed by atoms with van der Waals surface area (Å²) in [4.78, 5) is 23.9. The van der Waals surface area contributed by atoms with Gasteiger partial charge in [0.1, 0.15) is 0 Å². The van der Waals surface area contributed by atoms with Crippen molar-refractivity contribution in [3.05, 3.63) is 107 Å². The van der Waals surface area contributed by atoms with Crippen molar-refractivity contribution in [3.8, 4) is 0 Å². The second kappa shape index (κ2) is 8.66. The largest absolute Gasteiger partial charge is 0.361 e. The number of aromatic nitrogens is 1. The van der Waals surface area contributed by atoms with Crippen LogP contribution in [-0.2, 0) is 11.2 Å². The zero-order chi connectivity index (χ0) is 21.0. The molecule has 0 saturated carbocycles. The molecule has 0 spiro atoms. The van der Waals surface area contributed by atoms with Gasteiger partial charge < -0.3 is 4.98 Å². The number of rotatable bonds is 5. The second-order valence-corrected chi connectivity index (χ2v) is 8.33. The van der Waals surface area contributed by atoms with Gasteiger partial charge in [-0.15, -0.1) is 0 Å². The second-order valence-electron chi connectivity index (χ2n) is 7.32. The van der Waals surface area contributed by atoms with Gasteiger partial charge in [0.2, 0.25) is 0 Å². The number of aliphatic imine (C=N–C) groups is 1. The number of nitrogens with one attached hydrogen (secondary N) is 1. The van der Waals surface area contributed by atoms with Crippen molar-refractivity contribution in [2.24, 2.45) is 4.99 Å². The van der Waals surface area contributed by atoms with E-state index in [4.69, 9.17) is 4.99 Å². The first-order chi connectivity index (χ1) is 15.3. The summed E-state index contributed by atoms with van der Waals surface area (Å²) in [5, 5.41) is 1.92. The molecule has 0 radical (unpaired) electrons. The third-order valence-electron chi connectivity index (χ3n) is 5.25. The zero-order valence-electron chi connectivity index (χ0n) is 16.9. The summed E-state index contributed by atoms with van der Waals surface area (Å²) in [5.74, 6) is 0.00313. The monoisotopic (exact) mass is 423 g/mol. The van der Waals surface area contributed by atoms with Crippen LogP contribution in [0.25, 0.3) is 17.0 Å². The van der Waals surface area contributed by atoms with Crippen LogP contribution in [0.5, 0.6) is 0 Å². The van der Waals surface area contributed by atoms with Gasteiger partial charge in [0.15, 0.2) is 5.17 Å². The van der Waals surface area contributed by atoms with Crippen LogP contribution in [0.2, 0.25) is 0 Å². The Hall–Kier alpha value is -3.57. The number of thioether (sulfide) groups is 1. The lowest BCUT2D eigenvalue weighted by Gasteiger charge is -2.15. The summed E-state index contributed by atoms with van der Waals surface area (Å²) in [7, 11) is 0. The van der Waals surface area contributed by atoms with E-state index < -0.39 is 0 Å². The highest BCUT2D eigenvalue weighted by Crippen LogP contribution is 2.34. The van der Waals surface area contributed by atoms with E-state index in [1.165, 1.54) is 22.7 Å². The van der Waals surface area contributed by atoms with E-state index in [-0.39, 0.29) is 5.91 Å². The third-order valence-corrected chi connectivity index (χ3v) is 6.25. The molecular formula is C26H21N3OS. The standard InChI is InChI=1S/C26H21N3OS/c30-25-24(17-19-9-3-1-4-10-19)31-26(28-21-11-5-2-6-12-21)29(25)16-15-20-18-27-23-14-8-7-13-22(20)23/h1-14,17-18,27H,15-16H2. The first kappa shape index (κ1) is 19.4. The van der Waals surface area contributed by atoms with Crippen molar-refractivity contribution in [2.75, 3.05) is 6.54 Å². The number of fused-ring (bicyclic) bond motifs is 1. The predicted molar refractivity (Wildman–Crippen MR) is 129 cm³/mol. The highest BCUT2D eigenvalue weighted by molar-refractivity contribution is 8.18. The first-order valence-corrected chi connectivity index (χ1v) is 11.0. The molecule has 4 aromatic rings. The van der Waals surface area contributed by atoms with Crippen LogP contribution in [0.4, 0.5) is 5.69 Å². The van der Waals surface area contributed by atoms with Gasteiger partial charge in [-0.3, -0.25) is 9.69 Å². The van der Waals surface area contributed by atoms with Crippen molar-refractivity contribution >= 4 is 45.5 Å². The lowest BCUT2D eigenvalue weighted by atomic mass is 10.1. The average Bonchev–Trinajstić information content (AvgIpc) is 3.35.